The van der Waals surface area contributed by atoms with Crippen molar-refractivity contribution < 1.29 is 19.6 Å². The number of carboxylic acids is 1. The molecular formula is C8H6ClNO5. The zero-order valence-corrected chi connectivity index (χ0v) is 8.32. The molecule has 1 N–H and O–H groups in total. The Morgan fingerprint density at radius 2 is 2.20 bits per heavy atom. The largest absolute Gasteiger partial charge is 0.496 e. The number of nitro benzene ring substituents is 1. The van der Waals surface area contributed by atoms with E-state index in [-0.39, 0.29) is 11.3 Å². The smallest absolute Gasteiger partial charge is 0.337 e. The van der Waals surface area contributed by atoms with Crippen LogP contribution >= 0.6 is 11.6 Å². The lowest BCUT2D eigenvalue weighted by atomic mass is 10.2. The number of hydrogen-bond acceptors (Lipinski definition) is 4. The van der Waals surface area contributed by atoms with Crippen molar-refractivity contribution >= 4 is 23.3 Å². The number of nitro groups is 1. The molecule has 1 aromatic carbocycles. The Hall–Kier alpha value is -1.82. The van der Waals surface area contributed by atoms with Gasteiger partial charge in [0, 0.05) is 0 Å². The van der Waals surface area contributed by atoms with Gasteiger partial charge in [0.05, 0.1) is 23.7 Å². The summed E-state index contributed by atoms with van der Waals surface area (Å²) >= 11 is 5.55. The molecule has 80 valence electrons. The van der Waals surface area contributed by atoms with Crippen LogP contribution in [0.1, 0.15) is 10.4 Å². The van der Waals surface area contributed by atoms with Crippen LogP contribution in [0.4, 0.5) is 5.69 Å². The normalized spacial score (nSPS) is 9.73. The number of carboxylic acid groups (broad SMARTS) is 1. The first-order valence-corrected chi connectivity index (χ1v) is 4.10. The zero-order valence-electron chi connectivity index (χ0n) is 7.56. The van der Waals surface area contributed by atoms with Gasteiger partial charge in [0.2, 0.25) is 0 Å². The van der Waals surface area contributed by atoms with Crippen molar-refractivity contribution in [2.45, 2.75) is 0 Å². The number of hydrogen-bond donors (Lipinski definition) is 1. The summed E-state index contributed by atoms with van der Waals surface area (Å²) in [5.41, 5.74) is -0.851. The Bertz CT molecular complexity index is 396. The topological polar surface area (TPSA) is 89.7 Å². The van der Waals surface area contributed by atoms with Crippen LogP contribution in [-0.4, -0.2) is 23.1 Å². The summed E-state index contributed by atoms with van der Waals surface area (Å²) in [6.07, 6.45) is 0. The fraction of sp³-hybridized carbons (Fsp3) is 0.125. The van der Waals surface area contributed by atoms with Crippen LogP contribution in [0.3, 0.4) is 0 Å². The predicted octanol–water partition coefficient (Wildman–Crippen LogP) is 1.95. The number of rotatable bonds is 3. The number of carbonyl (C=O) groups is 1. The van der Waals surface area contributed by atoms with E-state index in [0.29, 0.717) is 0 Å². The lowest BCUT2D eigenvalue weighted by molar-refractivity contribution is -0.384. The van der Waals surface area contributed by atoms with Crippen LogP contribution in [0.5, 0.6) is 5.75 Å². The van der Waals surface area contributed by atoms with Gasteiger partial charge in [-0.05, 0) is 6.07 Å². The van der Waals surface area contributed by atoms with Crippen LogP contribution in [0.15, 0.2) is 12.1 Å². The molecule has 0 spiro atoms. The molecule has 0 fully saturated rings. The second-order valence-electron chi connectivity index (χ2n) is 2.57. The summed E-state index contributed by atoms with van der Waals surface area (Å²) in [5, 5.41) is 18.9. The lowest BCUT2D eigenvalue weighted by Crippen LogP contribution is -2.01. The van der Waals surface area contributed by atoms with Crippen LogP contribution in [0, 0.1) is 10.1 Å². The van der Waals surface area contributed by atoms with Gasteiger partial charge in [-0.15, -0.1) is 0 Å². The third-order valence-corrected chi connectivity index (χ3v) is 2.09. The second-order valence-corrected chi connectivity index (χ2v) is 2.95. The molecule has 6 nitrogen and oxygen atoms in total. The molecule has 0 bridgehead atoms. The summed E-state index contributed by atoms with van der Waals surface area (Å²) in [7, 11) is 1.28. The molecular weight excluding hydrogens is 226 g/mol. The molecule has 15 heavy (non-hydrogen) atoms. The SMILES string of the molecule is COc1cc(C(=O)O)c(Cl)c([N+](=O)[O-])c1. The maximum atomic E-state index is 10.7. The Labute approximate surface area is 89.2 Å². The fourth-order valence-corrected chi connectivity index (χ4v) is 1.25. The molecule has 0 unspecified atom stereocenters. The van der Waals surface area contributed by atoms with Crippen LogP contribution < -0.4 is 4.74 Å². The van der Waals surface area contributed by atoms with Crippen LogP contribution in [-0.2, 0) is 0 Å². The Morgan fingerprint density at radius 1 is 1.60 bits per heavy atom. The summed E-state index contributed by atoms with van der Waals surface area (Å²) in [6, 6.07) is 2.19. The highest BCUT2D eigenvalue weighted by atomic mass is 35.5. The number of benzene rings is 1. The van der Waals surface area contributed by atoms with E-state index < -0.39 is 21.6 Å². The number of ether oxygens (including phenoxy) is 1. The molecule has 1 aromatic rings. The highest BCUT2D eigenvalue weighted by Crippen LogP contribution is 2.32. The zero-order chi connectivity index (χ0) is 11.6. The van der Waals surface area contributed by atoms with E-state index in [1.165, 1.54) is 7.11 Å². The summed E-state index contributed by atoms with van der Waals surface area (Å²) in [4.78, 5) is 20.5. The van der Waals surface area contributed by atoms with Crippen molar-refractivity contribution in [2.24, 2.45) is 0 Å². The Kier molecular flexibility index (Phi) is 3.11. The minimum Gasteiger partial charge on any atom is -0.496 e. The van der Waals surface area contributed by atoms with Gasteiger partial charge >= 0.3 is 5.97 Å². The summed E-state index contributed by atoms with van der Waals surface area (Å²) in [6.45, 7) is 0. The van der Waals surface area contributed by atoms with Gasteiger partial charge in [-0.3, -0.25) is 10.1 Å². The molecule has 0 saturated heterocycles. The van der Waals surface area contributed by atoms with Gasteiger partial charge in [0.15, 0.2) is 0 Å². The highest BCUT2D eigenvalue weighted by Gasteiger charge is 2.22. The molecule has 0 aliphatic carbocycles. The molecule has 0 radical (unpaired) electrons. The standard InChI is InChI=1S/C8H6ClNO5/c1-15-4-2-5(8(11)12)7(9)6(3-4)10(13)14/h2-3H,1H3,(H,11,12). The van der Waals surface area contributed by atoms with Crippen molar-refractivity contribution in [3.63, 3.8) is 0 Å². The average molecular weight is 232 g/mol. The van der Waals surface area contributed by atoms with E-state index in [4.69, 9.17) is 21.4 Å². The minimum absolute atomic E-state index is 0.0727. The highest BCUT2D eigenvalue weighted by molar-refractivity contribution is 6.35. The molecule has 0 atom stereocenters. The van der Waals surface area contributed by atoms with E-state index in [1.807, 2.05) is 0 Å². The quantitative estimate of drug-likeness (QED) is 0.634. The third-order valence-electron chi connectivity index (χ3n) is 1.69. The molecule has 0 heterocycles. The maximum absolute atomic E-state index is 10.7. The molecule has 1 rings (SSSR count). The van der Waals surface area contributed by atoms with Crippen molar-refractivity contribution in [1.29, 1.82) is 0 Å². The van der Waals surface area contributed by atoms with Gasteiger partial charge in [0.1, 0.15) is 10.8 Å². The third kappa shape index (κ3) is 2.16. The van der Waals surface area contributed by atoms with Gasteiger partial charge < -0.3 is 9.84 Å². The van der Waals surface area contributed by atoms with E-state index >= 15 is 0 Å². The first-order chi connectivity index (χ1) is 6.97. The predicted molar refractivity (Wildman–Crippen MR) is 51.6 cm³/mol. The van der Waals surface area contributed by atoms with Crippen LogP contribution in [0.25, 0.3) is 0 Å². The number of methoxy groups -OCH3 is 1. The summed E-state index contributed by atoms with van der Waals surface area (Å²) < 4.78 is 4.72. The van der Waals surface area contributed by atoms with Gasteiger partial charge in [0.25, 0.3) is 5.69 Å². The maximum Gasteiger partial charge on any atom is 0.337 e. The van der Waals surface area contributed by atoms with Crippen molar-refractivity contribution in [1.82, 2.24) is 0 Å². The van der Waals surface area contributed by atoms with Gasteiger partial charge in [-0.2, -0.15) is 0 Å². The van der Waals surface area contributed by atoms with E-state index in [2.05, 4.69) is 0 Å². The number of nitrogens with zero attached hydrogens (tertiary/aromatic N) is 1. The Balaban J connectivity index is 3.47. The molecule has 0 amide bonds. The second kappa shape index (κ2) is 4.14. The van der Waals surface area contributed by atoms with Gasteiger partial charge in [-0.25, -0.2) is 4.79 Å². The number of aromatic carboxylic acids is 1. The Morgan fingerprint density at radius 3 is 2.60 bits per heavy atom. The minimum atomic E-state index is -1.35. The molecule has 7 heteroatoms. The fourth-order valence-electron chi connectivity index (χ4n) is 0.990. The first kappa shape index (κ1) is 11.3. The summed E-state index contributed by atoms with van der Waals surface area (Å²) in [5.74, 6) is -1.27. The van der Waals surface area contributed by atoms with Crippen molar-refractivity contribution in [2.75, 3.05) is 7.11 Å². The molecule has 0 saturated carbocycles. The molecule has 0 aromatic heterocycles. The number of halogens is 1. The molecule has 0 aliphatic heterocycles. The van der Waals surface area contributed by atoms with Crippen molar-refractivity contribution in [3.05, 3.63) is 32.8 Å². The van der Waals surface area contributed by atoms with Crippen LogP contribution in [0.2, 0.25) is 5.02 Å². The van der Waals surface area contributed by atoms with Gasteiger partial charge in [-0.1, -0.05) is 11.6 Å². The average Bonchev–Trinajstić information content (AvgIpc) is 2.17. The van der Waals surface area contributed by atoms with E-state index in [9.17, 15) is 14.9 Å². The van der Waals surface area contributed by atoms with Crippen molar-refractivity contribution in [3.8, 4) is 5.75 Å². The lowest BCUT2D eigenvalue weighted by Gasteiger charge is -2.04. The molecule has 0 aliphatic rings. The van der Waals surface area contributed by atoms with E-state index in [1.54, 1.807) is 0 Å². The monoisotopic (exact) mass is 231 g/mol. The van der Waals surface area contributed by atoms with E-state index in [0.717, 1.165) is 12.1 Å². The first-order valence-electron chi connectivity index (χ1n) is 3.72.